The molecular formula is C28H38N6O3. The number of carbonyl (C=O) groups is 2. The van der Waals surface area contributed by atoms with Gasteiger partial charge in [-0.3, -0.25) is 9.59 Å². The molecule has 3 N–H and O–H groups in total. The lowest BCUT2D eigenvalue weighted by Crippen LogP contribution is -2.55. The molecule has 5 rings (SSSR count). The number of benzene rings is 1. The minimum Gasteiger partial charge on any atom is -0.396 e. The van der Waals surface area contributed by atoms with Crippen LogP contribution in [0.2, 0.25) is 0 Å². The Morgan fingerprint density at radius 2 is 1.86 bits per heavy atom. The Labute approximate surface area is 218 Å². The zero-order valence-electron chi connectivity index (χ0n) is 21.9. The van der Waals surface area contributed by atoms with Gasteiger partial charge in [0, 0.05) is 37.0 Å². The molecule has 9 heteroatoms. The number of anilines is 4. The molecule has 0 unspecified atom stereocenters. The Kier molecular flexibility index (Phi) is 7.60. The molecule has 0 spiro atoms. The second-order valence-electron chi connectivity index (χ2n) is 10.5. The summed E-state index contributed by atoms with van der Waals surface area (Å²) in [5, 5.41) is 16.1. The number of hydrogen-bond donors (Lipinski definition) is 3. The van der Waals surface area contributed by atoms with E-state index in [0.29, 0.717) is 24.0 Å². The molecule has 2 fully saturated rings. The van der Waals surface area contributed by atoms with E-state index in [1.807, 2.05) is 12.1 Å². The molecule has 2 amide bonds. The molecule has 1 aromatic heterocycles. The molecule has 0 bridgehead atoms. The largest absolute Gasteiger partial charge is 0.396 e. The Morgan fingerprint density at radius 3 is 2.57 bits per heavy atom. The molecule has 1 aliphatic heterocycles. The number of aliphatic hydroxyl groups is 1. The second-order valence-corrected chi connectivity index (χ2v) is 10.5. The average molecular weight is 507 g/mol. The lowest BCUT2D eigenvalue weighted by Gasteiger charge is -2.43. The zero-order valence-corrected chi connectivity index (χ0v) is 21.9. The molecule has 0 radical (unpaired) electrons. The Balaban J connectivity index is 1.43. The third-order valence-electron chi connectivity index (χ3n) is 8.10. The fourth-order valence-electron chi connectivity index (χ4n) is 6.09. The molecule has 2 aliphatic carbocycles. The van der Waals surface area contributed by atoms with Crippen molar-refractivity contribution >= 4 is 35.0 Å². The topological polar surface area (TPSA) is 111 Å². The molecule has 2 heterocycles. The number of nitrogens with zero attached hydrogens (tertiary/aromatic N) is 4. The Morgan fingerprint density at radius 1 is 1.14 bits per heavy atom. The highest BCUT2D eigenvalue weighted by Crippen LogP contribution is 2.40. The van der Waals surface area contributed by atoms with Crippen LogP contribution in [0, 0.1) is 0 Å². The van der Waals surface area contributed by atoms with Crippen molar-refractivity contribution in [2.45, 2.75) is 89.3 Å². The van der Waals surface area contributed by atoms with Crippen LogP contribution in [0.4, 0.5) is 23.1 Å². The van der Waals surface area contributed by atoms with Crippen molar-refractivity contribution in [2.24, 2.45) is 0 Å². The molecule has 9 nitrogen and oxygen atoms in total. The highest BCUT2D eigenvalue weighted by Gasteiger charge is 2.41. The predicted molar refractivity (Wildman–Crippen MR) is 144 cm³/mol. The molecule has 1 aromatic carbocycles. The van der Waals surface area contributed by atoms with E-state index in [4.69, 9.17) is 4.98 Å². The summed E-state index contributed by atoms with van der Waals surface area (Å²) < 4.78 is 0. The van der Waals surface area contributed by atoms with Crippen LogP contribution < -0.4 is 20.4 Å². The van der Waals surface area contributed by atoms with Crippen LogP contribution in [-0.4, -0.2) is 58.7 Å². The molecule has 2 aromatic rings. The summed E-state index contributed by atoms with van der Waals surface area (Å²) in [6.45, 7) is 2.02. The van der Waals surface area contributed by atoms with Crippen molar-refractivity contribution in [3.05, 3.63) is 35.5 Å². The Bertz CT molecular complexity index is 1140. The third-order valence-corrected chi connectivity index (χ3v) is 8.10. The van der Waals surface area contributed by atoms with Crippen LogP contribution in [-0.2, 0) is 11.2 Å². The number of hydrogen-bond acceptors (Lipinski definition) is 7. The van der Waals surface area contributed by atoms with Crippen molar-refractivity contribution in [3.63, 3.8) is 0 Å². The van der Waals surface area contributed by atoms with E-state index in [1.165, 1.54) is 12.8 Å². The predicted octanol–water partition coefficient (Wildman–Crippen LogP) is 3.93. The number of carbonyl (C=O) groups excluding carboxylic acids is 2. The molecule has 2 saturated carbocycles. The standard InChI is InChI=1S/C28H38N6O3/c1-3-23-27(37)33(2)24-17-29-28(32-25(24)34(23)21-10-6-7-11-21)31-22-13-12-19(16-18(22)14-15-35)26(36)30-20-8-4-5-9-20/h12-13,16-17,20-21,23,35H,3-11,14-15H2,1-2H3,(H,30,36)(H,29,31,32)/t23-/m1/s1. The van der Waals surface area contributed by atoms with Gasteiger partial charge in [-0.2, -0.15) is 4.98 Å². The molecule has 198 valence electrons. The maximum absolute atomic E-state index is 13.1. The van der Waals surface area contributed by atoms with E-state index in [1.54, 1.807) is 24.2 Å². The van der Waals surface area contributed by atoms with Gasteiger partial charge in [0.1, 0.15) is 11.7 Å². The maximum atomic E-state index is 13.1. The van der Waals surface area contributed by atoms with Gasteiger partial charge in [0.2, 0.25) is 11.9 Å². The van der Waals surface area contributed by atoms with Crippen molar-refractivity contribution in [3.8, 4) is 0 Å². The number of nitrogens with one attached hydrogen (secondary N) is 2. The maximum Gasteiger partial charge on any atom is 0.251 e. The van der Waals surface area contributed by atoms with Crippen molar-refractivity contribution in [1.82, 2.24) is 15.3 Å². The van der Waals surface area contributed by atoms with Crippen LogP contribution in [0.5, 0.6) is 0 Å². The highest BCUT2D eigenvalue weighted by molar-refractivity contribution is 6.04. The van der Waals surface area contributed by atoms with Crippen molar-refractivity contribution < 1.29 is 14.7 Å². The Hall–Kier alpha value is -3.20. The minimum atomic E-state index is -0.231. The van der Waals surface area contributed by atoms with Gasteiger partial charge in [-0.25, -0.2) is 4.98 Å². The molecule has 3 aliphatic rings. The minimum absolute atomic E-state index is 0.0338. The first-order chi connectivity index (χ1) is 18.0. The summed E-state index contributed by atoms with van der Waals surface area (Å²) in [5.74, 6) is 1.23. The molecule has 0 saturated heterocycles. The summed E-state index contributed by atoms with van der Waals surface area (Å²) in [4.78, 5) is 39.3. The summed E-state index contributed by atoms with van der Waals surface area (Å²) >= 11 is 0. The summed E-state index contributed by atoms with van der Waals surface area (Å²) in [6.07, 6.45) is 11.7. The van der Waals surface area contributed by atoms with E-state index < -0.39 is 0 Å². The van der Waals surface area contributed by atoms with Crippen molar-refractivity contribution in [2.75, 3.05) is 28.8 Å². The van der Waals surface area contributed by atoms with Gasteiger partial charge >= 0.3 is 0 Å². The smallest absolute Gasteiger partial charge is 0.251 e. The van der Waals surface area contributed by atoms with Crippen LogP contribution in [0.3, 0.4) is 0 Å². The zero-order chi connectivity index (χ0) is 25.9. The van der Waals surface area contributed by atoms with Gasteiger partial charge in [0.15, 0.2) is 5.82 Å². The van der Waals surface area contributed by atoms with Gasteiger partial charge in [0.25, 0.3) is 5.91 Å². The van der Waals surface area contributed by atoms with Crippen LogP contribution >= 0.6 is 0 Å². The number of aliphatic hydroxyl groups excluding tert-OH is 1. The van der Waals surface area contributed by atoms with E-state index in [0.717, 1.165) is 67.7 Å². The quantitative estimate of drug-likeness (QED) is 0.497. The van der Waals surface area contributed by atoms with E-state index >= 15 is 0 Å². The van der Waals surface area contributed by atoms with E-state index in [9.17, 15) is 14.7 Å². The van der Waals surface area contributed by atoms with Gasteiger partial charge in [-0.05, 0) is 62.3 Å². The van der Waals surface area contributed by atoms with Gasteiger partial charge < -0.3 is 25.5 Å². The first-order valence-electron chi connectivity index (χ1n) is 13.7. The lowest BCUT2D eigenvalue weighted by molar-refractivity contribution is -0.120. The van der Waals surface area contributed by atoms with Crippen LogP contribution in [0.1, 0.15) is 80.6 Å². The average Bonchev–Trinajstić information content (AvgIpc) is 3.62. The first kappa shape index (κ1) is 25.4. The van der Waals surface area contributed by atoms with Gasteiger partial charge in [-0.15, -0.1) is 0 Å². The molecule has 37 heavy (non-hydrogen) atoms. The van der Waals surface area contributed by atoms with Crippen LogP contribution in [0.15, 0.2) is 24.4 Å². The van der Waals surface area contributed by atoms with Crippen LogP contribution in [0.25, 0.3) is 0 Å². The number of fused-ring (bicyclic) bond motifs is 1. The summed E-state index contributed by atoms with van der Waals surface area (Å²) in [6, 6.07) is 5.81. The molecule has 1 atom stereocenters. The fourth-order valence-corrected chi connectivity index (χ4v) is 6.09. The monoisotopic (exact) mass is 506 g/mol. The number of rotatable bonds is 8. The van der Waals surface area contributed by atoms with E-state index in [-0.39, 0.29) is 30.5 Å². The normalized spacial score (nSPS) is 20.4. The number of amides is 2. The van der Waals surface area contributed by atoms with Crippen molar-refractivity contribution in [1.29, 1.82) is 0 Å². The first-order valence-corrected chi connectivity index (χ1v) is 13.7. The fraction of sp³-hybridized carbons (Fsp3) is 0.571. The lowest BCUT2D eigenvalue weighted by atomic mass is 10.0. The second kappa shape index (κ2) is 11.0. The summed E-state index contributed by atoms with van der Waals surface area (Å²) in [5.41, 5.74) is 2.90. The number of likely N-dealkylation sites (N-methyl/N-ethyl adjacent to an activating group) is 1. The molecular weight excluding hydrogens is 468 g/mol. The third kappa shape index (κ3) is 5.14. The number of aromatic nitrogens is 2. The highest BCUT2D eigenvalue weighted by atomic mass is 16.3. The SMILES string of the molecule is CC[C@@H]1C(=O)N(C)c2cnc(Nc3ccc(C(=O)NC4CCCC4)cc3CCO)nc2N1C1CCCC1. The van der Waals surface area contributed by atoms with E-state index in [2.05, 4.69) is 27.4 Å². The van der Waals surface area contributed by atoms with Gasteiger partial charge in [-0.1, -0.05) is 32.6 Å². The summed E-state index contributed by atoms with van der Waals surface area (Å²) in [7, 11) is 1.79. The van der Waals surface area contributed by atoms with Gasteiger partial charge in [0.05, 0.1) is 6.20 Å².